The Balaban J connectivity index is 2.17. The highest BCUT2D eigenvalue weighted by atomic mass is 19.1. The van der Waals surface area contributed by atoms with Crippen molar-refractivity contribution in [3.63, 3.8) is 0 Å². The lowest BCUT2D eigenvalue weighted by Gasteiger charge is -2.08. The Morgan fingerprint density at radius 3 is 2.33 bits per heavy atom. The lowest BCUT2D eigenvalue weighted by Crippen LogP contribution is -2.03. The maximum absolute atomic E-state index is 13.3. The minimum atomic E-state index is -0.725. The van der Waals surface area contributed by atoms with E-state index in [0.717, 1.165) is 18.2 Å². The molecule has 3 aromatic rings. The van der Waals surface area contributed by atoms with Gasteiger partial charge in [-0.05, 0) is 40.8 Å². The molecule has 0 radical (unpaired) electrons. The predicted molar refractivity (Wildman–Crippen MR) is 73.3 cm³/mol. The van der Waals surface area contributed by atoms with Gasteiger partial charge in [0.1, 0.15) is 11.6 Å². The van der Waals surface area contributed by atoms with Gasteiger partial charge in [0.05, 0.1) is 5.69 Å². The van der Waals surface area contributed by atoms with Crippen molar-refractivity contribution in [2.45, 2.75) is 0 Å². The molecule has 3 rings (SSSR count). The molecule has 2 aromatic carbocycles. The van der Waals surface area contributed by atoms with Crippen molar-refractivity contribution >= 4 is 11.4 Å². The summed E-state index contributed by atoms with van der Waals surface area (Å²) in [5.74, 6) is -1.19. The normalized spacial score (nSPS) is 10.8. The van der Waals surface area contributed by atoms with E-state index >= 15 is 0 Å². The first-order valence-corrected chi connectivity index (χ1v) is 5.95. The third-order valence-electron chi connectivity index (χ3n) is 2.88. The van der Waals surface area contributed by atoms with Gasteiger partial charge in [-0.2, -0.15) is 4.68 Å². The number of nitrogens with two attached hydrogens (primary N) is 2. The van der Waals surface area contributed by atoms with Gasteiger partial charge in [-0.15, -0.1) is 5.10 Å². The van der Waals surface area contributed by atoms with Crippen LogP contribution in [0.15, 0.2) is 36.4 Å². The molecule has 4 N–H and O–H groups in total. The van der Waals surface area contributed by atoms with Crippen molar-refractivity contribution in [3.8, 4) is 17.1 Å². The topological polar surface area (TPSA) is 95.6 Å². The number of halogens is 2. The highest BCUT2D eigenvalue weighted by Crippen LogP contribution is 2.27. The molecule has 0 aliphatic rings. The van der Waals surface area contributed by atoms with E-state index in [2.05, 4.69) is 15.5 Å². The van der Waals surface area contributed by atoms with Crippen LogP contribution in [0.4, 0.5) is 20.2 Å². The molecule has 0 saturated carbocycles. The molecule has 0 spiro atoms. The van der Waals surface area contributed by atoms with Crippen molar-refractivity contribution < 1.29 is 8.78 Å². The summed E-state index contributed by atoms with van der Waals surface area (Å²) < 4.78 is 27.8. The van der Waals surface area contributed by atoms with Crippen LogP contribution in [0.3, 0.4) is 0 Å². The number of aromatic nitrogens is 4. The van der Waals surface area contributed by atoms with Crippen molar-refractivity contribution in [2.75, 3.05) is 11.5 Å². The van der Waals surface area contributed by atoms with E-state index in [1.54, 1.807) is 18.2 Å². The van der Waals surface area contributed by atoms with E-state index in [1.165, 1.54) is 4.68 Å². The van der Waals surface area contributed by atoms with Crippen LogP contribution >= 0.6 is 0 Å². The fraction of sp³-hybridized carbons (Fsp3) is 0. The van der Waals surface area contributed by atoms with Crippen molar-refractivity contribution in [1.29, 1.82) is 0 Å². The summed E-state index contributed by atoms with van der Waals surface area (Å²) in [5.41, 5.74) is 13.0. The molecule has 1 heterocycles. The Kier molecular flexibility index (Phi) is 2.98. The number of hydrogen-bond donors (Lipinski definition) is 2. The molecule has 0 aliphatic heterocycles. The summed E-state index contributed by atoms with van der Waals surface area (Å²) >= 11 is 0. The number of benzene rings is 2. The first-order valence-electron chi connectivity index (χ1n) is 5.95. The van der Waals surface area contributed by atoms with Crippen molar-refractivity contribution in [3.05, 3.63) is 48.0 Å². The summed E-state index contributed by atoms with van der Waals surface area (Å²) in [5, 5.41) is 11.1. The lowest BCUT2D eigenvalue weighted by molar-refractivity contribution is 0.579. The van der Waals surface area contributed by atoms with Crippen LogP contribution in [0.1, 0.15) is 0 Å². The Bertz CT molecular complexity index is 794. The Morgan fingerprint density at radius 2 is 1.67 bits per heavy atom. The third-order valence-corrected chi connectivity index (χ3v) is 2.88. The highest BCUT2D eigenvalue weighted by molar-refractivity contribution is 5.75. The molecule has 1 aromatic heterocycles. The van der Waals surface area contributed by atoms with E-state index in [1.807, 2.05) is 0 Å². The minimum absolute atomic E-state index is 0.156. The smallest absolute Gasteiger partial charge is 0.189 e. The summed E-state index contributed by atoms with van der Waals surface area (Å²) in [7, 11) is 0. The van der Waals surface area contributed by atoms with Crippen LogP contribution in [0.5, 0.6) is 0 Å². The number of tetrazole rings is 1. The third kappa shape index (κ3) is 2.38. The molecule has 0 amide bonds. The van der Waals surface area contributed by atoms with Crippen molar-refractivity contribution in [1.82, 2.24) is 20.2 Å². The van der Waals surface area contributed by atoms with Gasteiger partial charge in [0.15, 0.2) is 5.82 Å². The second-order valence-electron chi connectivity index (χ2n) is 4.39. The van der Waals surface area contributed by atoms with E-state index in [4.69, 9.17) is 11.5 Å². The average Bonchev–Trinajstić information content (AvgIpc) is 2.86. The molecular formula is C13H10F2N6. The van der Waals surface area contributed by atoms with Crippen LogP contribution < -0.4 is 11.5 Å². The molecule has 0 atom stereocenters. The molecule has 0 fully saturated rings. The lowest BCUT2D eigenvalue weighted by atomic mass is 10.1. The predicted octanol–water partition coefficient (Wildman–Crippen LogP) is 1.77. The first-order chi connectivity index (χ1) is 10.0. The SMILES string of the molecule is Nc1ccc(-c2nnnn2-c2cc(F)cc(F)c2)c(N)c1. The molecule has 106 valence electrons. The van der Waals surface area contributed by atoms with E-state index in [-0.39, 0.29) is 11.5 Å². The monoisotopic (exact) mass is 288 g/mol. The van der Waals surface area contributed by atoms with Gasteiger partial charge >= 0.3 is 0 Å². The van der Waals surface area contributed by atoms with Gasteiger partial charge in [-0.25, -0.2) is 8.78 Å². The van der Waals surface area contributed by atoms with Crippen LogP contribution in [-0.4, -0.2) is 20.2 Å². The largest absolute Gasteiger partial charge is 0.399 e. The second-order valence-corrected chi connectivity index (χ2v) is 4.39. The number of nitrogen functional groups attached to an aromatic ring is 2. The molecule has 8 heteroatoms. The second kappa shape index (κ2) is 4.82. The molecule has 0 aliphatic carbocycles. The molecule has 6 nitrogen and oxygen atoms in total. The summed E-state index contributed by atoms with van der Waals surface area (Å²) in [6.45, 7) is 0. The average molecular weight is 288 g/mol. The Hall–Kier alpha value is -3.03. The zero-order valence-electron chi connectivity index (χ0n) is 10.7. The molecule has 0 unspecified atom stereocenters. The quantitative estimate of drug-likeness (QED) is 0.701. The molecular weight excluding hydrogens is 278 g/mol. The van der Waals surface area contributed by atoms with E-state index in [0.29, 0.717) is 16.9 Å². The van der Waals surface area contributed by atoms with Crippen molar-refractivity contribution in [2.24, 2.45) is 0 Å². The number of hydrogen-bond acceptors (Lipinski definition) is 5. The van der Waals surface area contributed by atoms with Crippen LogP contribution in [0.25, 0.3) is 17.1 Å². The first kappa shape index (κ1) is 13.0. The fourth-order valence-corrected chi connectivity index (χ4v) is 1.98. The Labute approximate surface area is 118 Å². The zero-order chi connectivity index (χ0) is 15.0. The molecule has 21 heavy (non-hydrogen) atoms. The zero-order valence-corrected chi connectivity index (χ0v) is 10.7. The highest BCUT2D eigenvalue weighted by Gasteiger charge is 2.15. The summed E-state index contributed by atoms with van der Waals surface area (Å²) in [6, 6.07) is 7.85. The number of rotatable bonds is 2. The van der Waals surface area contributed by atoms with Gasteiger partial charge in [0, 0.05) is 23.0 Å². The number of anilines is 2. The standard InChI is InChI=1S/C13H10F2N6/c14-7-3-8(15)5-10(4-7)21-13(18-19-20-21)11-2-1-9(16)6-12(11)17/h1-6H,16-17H2. The van der Waals surface area contributed by atoms with Gasteiger partial charge in [0.25, 0.3) is 0 Å². The minimum Gasteiger partial charge on any atom is -0.399 e. The van der Waals surface area contributed by atoms with Gasteiger partial charge in [-0.1, -0.05) is 0 Å². The Morgan fingerprint density at radius 1 is 0.952 bits per heavy atom. The van der Waals surface area contributed by atoms with E-state index < -0.39 is 11.6 Å². The summed E-state index contributed by atoms with van der Waals surface area (Å²) in [6.07, 6.45) is 0. The van der Waals surface area contributed by atoms with Gasteiger partial charge < -0.3 is 11.5 Å². The number of nitrogens with zero attached hydrogens (tertiary/aromatic N) is 4. The van der Waals surface area contributed by atoms with Crippen LogP contribution in [-0.2, 0) is 0 Å². The van der Waals surface area contributed by atoms with E-state index in [9.17, 15) is 8.78 Å². The fourth-order valence-electron chi connectivity index (χ4n) is 1.98. The molecule has 0 bridgehead atoms. The van der Waals surface area contributed by atoms with Gasteiger partial charge in [0.2, 0.25) is 0 Å². The maximum atomic E-state index is 13.3. The van der Waals surface area contributed by atoms with Crippen LogP contribution in [0, 0.1) is 11.6 Å². The van der Waals surface area contributed by atoms with Gasteiger partial charge in [-0.3, -0.25) is 0 Å². The molecule has 0 saturated heterocycles. The summed E-state index contributed by atoms with van der Waals surface area (Å²) in [4.78, 5) is 0. The van der Waals surface area contributed by atoms with Crippen LogP contribution in [0.2, 0.25) is 0 Å². The maximum Gasteiger partial charge on any atom is 0.189 e.